The minimum absolute atomic E-state index is 0.133. The Bertz CT molecular complexity index is 1290. The van der Waals surface area contributed by atoms with E-state index in [2.05, 4.69) is 9.97 Å². The standard InChI is InChI=1S/C20H13N3O5S2/c24-23(25)16-5-9-18(10-6-16)30(26,27)28-17-7-3-14(4-8-17)19-13-22-20(29-19)15-2-1-11-21-12-15/h1-13H. The van der Waals surface area contributed by atoms with Crippen LogP contribution in [0.25, 0.3) is 21.0 Å². The Morgan fingerprint density at radius 3 is 2.30 bits per heavy atom. The Morgan fingerprint density at radius 1 is 0.933 bits per heavy atom. The molecule has 10 heteroatoms. The highest BCUT2D eigenvalue weighted by atomic mass is 32.2. The first-order chi connectivity index (χ1) is 14.4. The summed E-state index contributed by atoms with van der Waals surface area (Å²) in [5.41, 5.74) is 1.58. The first-order valence-corrected chi connectivity index (χ1v) is 10.8. The van der Waals surface area contributed by atoms with Crippen molar-refractivity contribution in [2.45, 2.75) is 4.90 Å². The summed E-state index contributed by atoms with van der Waals surface area (Å²) < 4.78 is 29.9. The fourth-order valence-corrected chi connectivity index (χ4v) is 4.46. The molecule has 30 heavy (non-hydrogen) atoms. The SMILES string of the molecule is O=[N+]([O-])c1ccc(S(=O)(=O)Oc2ccc(-c3cnc(-c4cccnc4)s3)cc2)cc1. The molecule has 0 unspecified atom stereocenters. The van der Waals surface area contributed by atoms with E-state index < -0.39 is 15.0 Å². The molecule has 150 valence electrons. The number of thiazole rings is 1. The third kappa shape index (κ3) is 4.19. The van der Waals surface area contributed by atoms with Crippen molar-refractivity contribution in [3.05, 3.63) is 89.4 Å². The lowest BCUT2D eigenvalue weighted by Crippen LogP contribution is -2.09. The molecule has 0 bridgehead atoms. The van der Waals surface area contributed by atoms with Crippen LogP contribution >= 0.6 is 11.3 Å². The van der Waals surface area contributed by atoms with Crippen molar-refractivity contribution in [1.82, 2.24) is 9.97 Å². The second-order valence-electron chi connectivity index (χ2n) is 6.08. The summed E-state index contributed by atoms with van der Waals surface area (Å²) in [6, 6.07) is 14.8. The maximum atomic E-state index is 12.4. The van der Waals surface area contributed by atoms with Crippen molar-refractivity contribution in [3.63, 3.8) is 0 Å². The van der Waals surface area contributed by atoms with E-state index in [1.165, 1.54) is 11.3 Å². The third-order valence-corrected chi connectivity index (χ3v) is 6.45. The van der Waals surface area contributed by atoms with Gasteiger partial charge in [0.05, 0.1) is 9.80 Å². The van der Waals surface area contributed by atoms with Crippen LogP contribution in [0.4, 0.5) is 5.69 Å². The number of benzene rings is 2. The summed E-state index contributed by atoms with van der Waals surface area (Å²) in [5, 5.41) is 11.5. The van der Waals surface area contributed by atoms with Gasteiger partial charge >= 0.3 is 10.1 Å². The van der Waals surface area contributed by atoms with Gasteiger partial charge in [-0.15, -0.1) is 11.3 Å². The molecule has 0 spiro atoms. The average Bonchev–Trinajstić information content (AvgIpc) is 3.25. The maximum Gasteiger partial charge on any atom is 0.339 e. The Hall–Kier alpha value is -3.63. The minimum atomic E-state index is -4.10. The van der Waals surface area contributed by atoms with Gasteiger partial charge in [-0.2, -0.15) is 8.42 Å². The van der Waals surface area contributed by atoms with Gasteiger partial charge in [-0.25, -0.2) is 4.98 Å². The molecule has 0 aliphatic heterocycles. The number of rotatable bonds is 6. The molecule has 0 aliphatic carbocycles. The Labute approximate surface area is 175 Å². The predicted molar refractivity (Wildman–Crippen MR) is 112 cm³/mol. The Kier molecular flexibility index (Phi) is 5.25. The van der Waals surface area contributed by atoms with Crippen molar-refractivity contribution < 1.29 is 17.5 Å². The molecule has 0 N–H and O–H groups in total. The smallest absolute Gasteiger partial charge is 0.339 e. The second kappa shape index (κ2) is 8.01. The molecular formula is C20H13N3O5S2. The van der Waals surface area contributed by atoms with Gasteiger partial charge in [0, 0.05) is 36.3 Å². The fourth-order valence-electron chi connectivity index (χ4n) is 2.61. The van der Waals surface area contributed by atoms with Crippen LogP contribution in [0.3, 0.4) is 0 Å². The maximum absolute atomic E-state index is 12.4. The van der Waals surface area contributed by atoms with Crippen molar-refractivity contribution >= 4 is 27.1 Å². The molecule has 8 nitrogen and oxygen atoms in total. The third-order valence-electron chi connectivity index (χ3n) is 4.10. The van der Waals surface area contributed by atoms with Gasteiger partial charge < -0.3 is 4.18 Å². The van der Waals surface area contributed by atoms with Gasteiger partial charge in [0.1, 0.15) is 15.7 Å². The highest BCUT2D eigenvalue weighted by Gasteiger charge is 2.18. The zero-order chi connectivity index (χ0) is 21.1. The molecule has 0 radical (unpaired) electrons. The van der Waals surface area contributed by atoms with Gasteiger partial charge in [0.2, 0.25) is 0 Å². The molecule has 0 atom stereocenters. The number of pyridine rings is 1. The van der Waals surface area contributed by atoms with E-state index in [0.29, 0.717) is 0 Å². The van der Waals surface area contributed by atoms with Gasteiger partial charge in [0.25, 0.3) is 5.69 Å². The predicted octanol–water partition coefficient (Wildman–Crippen LogP) is 4.55. The Balaban J connectivity index is 1.51. The van der Waals surface area contributed by atoms with Gasteiger partial charge in [-0.1, -0.05) is 0 Å². The van der Waals surface area contributed by atoms with Crippen LogP contribution < -0.4 is 4.18 Å². The summed E-state index contributed by atoms with van der Waals surface area (Å²) in [7, 11) is -4.10. The quantitative estimate of drug-likeness (QED) is 0.246. The van der Waals surface area contributed by atoms with Crippen LogP contribution in [-0.4, -0.2) is 23.3 Å². The van der Waals surface area contributed by atoms with Crippen LogP contribution in [0.15, 0.2) is 84.1 Å². The van der Waals surface area contributed by atoms with Crippen molar-refractivity contribution in [2.75, 3.05) is 0 Å². The number of aromatic nitrogens is 2. The molecule has 0 fully saturated rings. The number of hydrogen-bond acceptors (Lipinski definition) is 8. The molecule has 4 rings (SSSR count). The van der Waals surface area contributed by atoms with Crippen molar-refractivity contribution in [3.8, 4) is 26.8 Å². The van der Waals surface area contributed by atoms with E-state index in [4.69, 9.17) is 4.18 Å². The topological polar surface area (TPSA) is 112 Å². The molecule has 0 aliphatic rings. The molecule has 2 heterocycles. The summed E-state index contributed by atoms with van der Waals surface area (Å²) >= 11 is 1.49. The zero-order valence-electron chi connectivity index (χ0n) is 15.2. The van der Waals surface area contributed by atoms with Crippen molar-refractivity contribution in [2.24, 2.45) is 0 Å². The van der Waals surface area contributed by atoms with E-state index in [-0.39, 0.29) is 16.3 Å². The summed E-state index contributed by atoms with van der Waals surface area (Å²) in [5.74, 6) is 0.133. The number of nitro groups is 1. The highest BCUT2D eigenvalue weighted by molar-refractivity contribution is 7.87. The lowest BCUT2D eigenvalue weighted by Gasteiger charge is -2.07. The lowest BCUT2D eigenvalue weighted by atomic mass is 10.2. The van der Waals surface area contributed by atoms with Gasteiger partial charge in [-0.3, -0.25) is 15.1 Å². The van der Waals surface area contributed by atoms with E-state index in [9.17, 15) is 18.5 Å². The number of non-ortho nitro benzene ring substituents is 1. The normalized spacial score (nSPS) is 11.2. The Morgan fingerprint density at radius 2 is 1.67 bits per heavy atom. The number of nitro benzene ring substituents is 1. The largest absolute Gasteiger partial charge is 0.379 e. The highest BCUT2D eigenvalue weighted by Crippen LogP contribution is 2.32. The lowest BCUT2D eigenvalue weighted by molar-refractivity contribution is -0.384. The van der Waals surface area contributed by atoms with E-state index in [1.54, 1.807) is 42.9 Å². The molecule has 4 aromatic rings. The van der Waals surface area contributed by atoms with Gasteiger partial charge in [-0.05, 0) is 54.1 Å². The average molecular weight is 439 g/mol. The first kappa shape index (κ1) is 19.7. The zero-order valence-corrected chi connectivity index (χ0v) is 16.8. The minimum Gasteiger partial charge on any atom is -0.379 e. The molecule has 0 saturated heterocycles. The molecule has 2 aromatic heterocycles. The summed E-state index contributed by atoms with van der Waals surface area (Å²) in [4.78, 5) is 19.3. The van der Waals surface area contributed by atoms with E-state index in [1.807, 2.05) is 12.1 Å². The van der Waals surface area contributed by atoms with E-state index in [0.717, 1.165) is 45.3 Å². The molecular weight excluding hydrogens is 426 g/mol. The van der Waals surface area contributed by atoms with Crippen LogP contribution in [0.5, 0.6) is 5.75 Å². The molecule has 0 amide bonds. The fraction of sp³-hybridized carbons (Fsp3) is 0. The van der Waals surface area contributed by atoms with Crippen LogP contribution in [0.2, 0.25) is 0 Å². The summed E-state index contributed by atoms with van der Waals surface area (Å²) in [6.07, 6.45) is 5.18. The van der Waals surface area contributed by atoms with Gasteiger partial charge in [0.15, 0.2) is 0 Å². The number of nitrogens with zero attached hydrogens (tertiary/aromatic N) is 3. The van der Waals surface area contributed by atoms with Crippen molar-refractivity contribution in [1.29, 1.82) is 0 Å². The van der Waals surface area contributed by atoms with E-state index >= 15 is 0 Å². The summed E-state index contributed by atoms with van der Waals surface area (Å²) in [6.45, 7) is 0. The second-order valence-corrected chi connectivity index (χ2v) is 8.66. The molecule has 2 aromatic carbocycles. The first-order valence-electron chi connectivity index (χ1n) is 8.58. The van der Waals surface area contributed by atoms with Crippen LogP contribution in [0.1, 0.15) is 0 Å². The monoisotopic (exact) mass is 439 g/mol. The van der Waals surface area contributed by atoms with Crippen LogP contribution in [-0.2, 0) is 10.1 Å². The molecule has 0 saturated carbocycles. The van der Waals surface area contributed by atoms with Crippen LogP contribution in [0, 0.1) is 10.1 Å². The number of hydrogen-bond donors (Lipinski definition) is 0.